The smallest absolute Gasteiger partial charge is 0.416 e. The molecule has 1 fully saturated rings. The predicted octanol–water partition coefficient (Wildman–Crippen LogP) is 6.67. The fourth-order valence-electron chi connectivity index (χ4n) is 4.44. The van der Waals surface area contributed by atoms with Crippen LogP contribution in [0.15, 0.2) is 59.6 Å². The Morgan fingerprint density at radius 3 is 2.27 bits per heavy atom. The van der Waals surface area contributed by atoms with E-state index < -0.39 is 23.2 Å². The highest BCUT2D eigenvalue weighted by Gasteiger charge is 2.33. The third kappa shape index (κ3) is 7.44. The van der Waals surface area contributed by atoms with Gasteiger partial charge in [0, 0.05) is 30.8 Å². The lowest BCUT2D eigenvalue weighted by molar-refractivity contribution is -0.137. The molecule has 216 valence electrons. The fourth-order valence-corrected chi connectivity index (χ4v) is 4.44. The first kappa shape index (κ1) is 29.6. The summed E-state index contributed by atoms with van der Waals surface area (Å²) >= 11 is 0. The number of rotatable bonds is 9. The number of hydrogen-bond donors (Lipinski definition) is 0. The molecular formula is C31H38F3N3O3. The number of aromatic nitrogens is 2. The molecule has 9 heteroatoms. The Balaban J connectivity index is 1.65. The largest absolute Gasteiger partial charge is 0.490 e. The van der Waals surface area contributed by atoms with Gasteiger partial charge in [-0.3, -0.25) is 14.2 Å². The Morgan fingerprint density at radius 1 is 1.00 bits per heavy atom. The number of amides is 1. The molecule has 0 atom stereocenters. The summed E-state index contributed by atoms with van der Waals surface area (Å²) in [5.74, 6) is -0.264. The summed E-state index contributed by atoms with van der Waals surface area (Å²) in [6, 6.07) is 14.4. The maximum absolute atomic E-state index is 13.6. The van der Waals surface area contributed by atoms with Gasteiger partial charge in [0.1, 0.15) is 12.4 Å². The van der Waals surface area contributed by atoms with E-state index in [2.05, 4.69) is 25.8 Å². The number of alkyl halides is 3. The maximum Gasteiger partial charge on any atom is 0.416 e. The number of carbonyl (C=O) groups is 1. The van der Waals surface area contributed by atoms with E-state index in [0.717, 1.165) is 36.2 Å². The molecule has 3 aromatic rings. The van der Waals surface area contributed by atoms with Crippen LogP contribution in [0.5, 0.6) is 5.75 Å². The zero-order valence-electron chi connectivity index (χ0n) is 24.0. The molecule has 2 aromatic carbocycles. The topological polar surface area (TPSA) is 57.8 Å². The van der Waals surface area contributed by atoms with Crippen molar-refractivity contribution in [3.8, 4) is 5.75 Å². The van der Waals surface area contributed by atoms with Crippen molar-refractivity contribution in [1.82, 2.24) is 9.36 Å². The van der Waals surface area contributed by atoms with E-state index >= 15 is 0 Å². The molecule has 0 aliphatic heterocycles. The molecule has 0 saturated heterocycles. The summed E-state index contributed by atoms with van der Waals surface area (Å²) in [5, 5.41) is 0. The highest BCUT2D eigenvalue weighted by Crippen LogP contribution is 2.34. The van der Waals surface area contributed by atoms with Crippen molar-refractivity contribution in [1.29, 1.82) is 0 Å². The Kier molecular flexibility index (Phi) is 8.36. The normalized spacial score (nSPS) is 15.0. The van der Waals surface area contributed by atoms with Gasteiger partial charge in [0.2, 0.25) is 0 Å². The van der Waals surface area contributed by atoms with Crippen LogP contribution in [0.4, 0.5) is 13.2 Å². The van der Waals surface area contributed by atoms with E-state index in [-0.39, 0.29) is 23.3 Å². The third-order valence-electron chi connectivity index (χ3n) is 6.94. The van der Waals surface area contributed by atoms with E-state index in [0.29, 0.717) is 24.6 Å². The molecule has 1 saturated carbocycles. The van der Waals surface area contributed by atoms with Crippen LogP contribution < -0.4 is 10.2 Å². The number of nitrogens with zero attached hydrogens (tertiary/aromatic N) is 3. The number of benzene rings is 2. The monoisotopic (exact) mass is 557 g/mol. The summed E-state index contributed by atoms with van der Waals surface area (Å²) in [7, 11) is 1.92. The number of hydrogen-bond acceptors (Lipinski definition) is 3. The van der Waals surface area contributed by atoms with Crippen molar-refractivity contribution in [2.45, 2.75) is 77.8 Å². The summed E-state index contributed by atoms with van der Waals surface area (Å²) in [4.78, 5) is 17.8. The van der Waals surface area contributed by atoms with E-state index in [4.69, 9.17) is 9.47 Å². The second kappa shape index (κ2) is 11.3. The van der Waals surface area contributed by atoms with Crippen molar-refractivity contribution in [3.05, 3.63) is 82.5 Å². The minimum Gasteiger partial charge on any atom is -0.490 e. The van der Waals surface area contributed by atoms with Crippen molar-refractivity contribution in [3.63, 3.8) is 0 Å². The molecule has 0 radical (unpaired) electrons. The summed E-state index contributed by atoms with van der Waals surface area (Å²) in [6.45, 7) is 10.9. The molecule has 6 nitrogen and oxygen atoms in total. The van der Waals surface area contributed by atoms with Crippen LogP contribution >= 0.6 is 0 Å². The van der Waals surface area contributed by atoms with E-state index in [1.807, 2.05) is 66.7 Å². The van der Waals surface area contributed by atoms with Crippen molar-refractivity contribution in [2.24, 2.45) is 18.0 Å². The van der Waals surface area contributed by atoms with Crippen molar-refractivity contribution < 1.29 is 27.4 Å². The Bertz CT molecular complexity index is 1410. The van der Waals surface area contributed by atoms with Crippen LogP contribution in [-0.4, -0.2) is 27.5 Å². The van der Waals surface area contributed by atoms with Gasteiger partial charge >= 0.3 is 6.18 Å². The predicted molar refractivity (Wildman–Crippen MR) is 147 cm³/mol. The molecule has 0 N–H and O–H groups in total. The highest BCUT2D eigenvalue weighted by atomic mass is 19.4. The van der Waals surface area contributed by atoms with Gasteiger partial charge in [0.05, 0.1) is 23.3 Å². The van der Waals surface area contributed by atoms with Gasteiger partial charge in [0.25, 0.3) is 5.91 Å². The fraction of sp³-hybridized carbons (Fsp3) is 0.484. The molecule has 0 bridgehead atoms. The molecule has 1 heterocycles. The van der Waals surface area contributed by atoms with E-state index in [1.165, 1.54) is 6.07 Å². The van der Waals surface area contributed by atoms with Gasteiger partial charge in [-0.05, 0) is 56.4 Å². The van der Waals surface area contributed by atoms with Gasteiger partial charge < -0.3 is 9.47 Å². The first-order valence-corrected chi connectivity index (χ1v) is 13.5. The zero-order valence-corrected chi connectivity index (χ0v) is 24.0. The Morgan fingerprint density at radius 2 is 1.68 bits per heavy atom. The van der Waals surface area contributed by atoms with Gasteiger partial charge in [-0.2, -0.15) is 18.2 Å². The van der Waals surface area contributed by atoms with Gasteiger partial charge in [0.15, 0.2) is 5.49 Å². The molecule has 4 rings (SSSR count). The first-order valence-electron chi connectivity index (χ1n) is 13.5. The summed E-state index contributed by atoms with van der Waals surface area (Å²) in [6.07, 6.45) is -2.42. The van der Waals surface area contributed by atoms with Crippen LogP contribution in [0.3, 0.4) is 0 Å². The first-order chi connectivity index (χ1) is 18.6. The van der Waals surface area contributed by atoms with Crippen molar-refractivity contribution >= 4 is 5.91 Å². The Hall–Kier alpha value is -3.33. The van der Waals surface area contributed by atoms with Gasteiger partial charge in [-0.15, -0.1) is 0 Å². The Labute approximate surface area is 233 Å². The van der Waals surface area contributed by atoms with E-state index in [9.17, 15) is 18.0 Å². The summed E-state index contributed by atoms with van der Waals surface area (Å²) < 4.78 is 56.7. The molecule has 40 heavy (non-hydrogen) atoms. The number of halogens is 3. The zero-order chi connectivity index (χ0) is 29.3. The molecule has 1 aliphatic rings. The minimum absolute atomic E-state index is 0.0205. The number of ether oxygens (including phenoxy) is 2. The lowest BCUT2D eigenvalue weighted by Gasteiger charge is -2.26. The van der Waals surface area contributed by atoms with Crippen LogP contribution in [-0.2, 0) is 36.5 Å². The van der Waals surface area contributed by atoms with Crippen LogP contribution in [0.2, 0.25) is 0 Å². The number of carbonyl (C=O) groups excluding carboxylic acids is 1. The molecular weight excluding hydrogens is 519 g/mol. The lowest BCUT2D eigenvalue weighted by Crippen LogP contribution is -2.32. The molecule has 1 aromatic heterocycles. The molecule has 1 aliphatic carbocycles. The average Bonchev–Trinajstić information content (AvgIpc) is 3.65. The third-order valence-corrected chi connectivity index (χ3v) is 6.94. The SMILES string of the molecule is Cn1c(C(C)(C)C)c/c(=N/C(=O)c2cc(C(F)(F)F)ccc2OCC(C)(C)OCc2ccccc2)n1CC1CC1. The van der Waals surface area contributed by atoms with E-state index in [1.54, 1.807) is 0 Å². The summed E-state index contributed by atoms with van der Waals surface area (Å²) in [5.41, 5.74) is 0.199. The maximum atomic E-state index is 13.6. The van der Waals surface area contributed by atoms with Gasteiger partial charge in [-0.1, -0.05) is 51.1 Å². The molecule has 1 amide bonds. The average molecular weight is 558 g/mol. The quantitative estimate of drug-likeness (QED) is 0.295. The standard InChI is InChI=1S/C31H38F3N3O3/c1-29(2,3)26-17-27(37(36(26)6)18-21-12-13-21)35-28(38)24-16-23(31(32,33)34)14-15-25(24)39-20-30(4,5)40-19-22-10-8-7-9-11-22/h7-11,14-17,21H,12-13,18-20H2,1-6H3/b35-27-. The van der Waals surface area contributed by atoms with Crippen LogP contribution in [0.1, 0.15) is 74.6 Å². The second-order valence-electron chi connectivity index (χ2n) is 12.1. The van der Waals surface area contributed by atoms with Crippen LogP contribution in [0.25, 0.3) is 0 Å². The molecule has 0 spiro atoms. The highest BCUT2D eigenvalue weighted by molar-refractivity contribution is 5.97. The second-order valence-corrected chi connectivity index (χ2v) is 12.1. The molecule has 0 unspecified atom stereocenters. The van der Waals surface area contributed by atoms with Gasteiger partial charge in [-0.25, -0.2) is 0 Å². The van der Waals surface area contributed by atoms with Crippen LogP contribution in [0, 0.1) is 5.92 Å². The van der Waals surface area contributed by atoms with Crippen molar-refractivity contribution in [2.75, 3.05) is 6.61 Å². The lowest BCUT2D eigenvalue weighted by atomic mass is 9.92. The minimum atomic E-state index is -4.62.